The fraction of sp³-hybridized carbons (Fsp3) is 0.720. The minimum absolute atomic E-state index is 0. The highest BCUT2D eigenvalue weighted by Gasteiger charge is 2.28. The van der Waals surface area contributed by atoms with E-state index in [4.69, 9.17) is 0 Å². The third kappa shape index (κ3) is 8.38. The molecule has 3 N–H and O–H groups in total. The maximum absolute atomic E-state index is 12.5. The summed E-state index contributed by atoms with van der Waals surface area (Å²) in [5.41, 5.74) is 2.35. The van der Waals surface area contributed by atoms with Crippen molar-refractivity contribution in [3.63, 3.8) is 0 Å². The van der Waals surface area contributed by atoms with Crippen molar-refractivity contribution in [2.75, 3.05) is 31.1 Å². The van der Waals surface area contributed by atoms with E-state index in [9.17, 15) is 4.79 Å². The first-order chi connectivity index (χ1) is 14.3. The van der Waals surface area contributed by atoms with E-state index < -0.39 is 0 Å². The molecule has 5 nitrogen and oxygen atoms in total. The quantitative estimate of drug-likeness (QED) is 0.707. The number of anilines is 1. The maximum atomic E-state index is 12.5. The number of para-hydroxylation sites is 1. The van der Waals surface area contributed by atoms with E-state index in [1.54, 1.807) is 0 Å². The van der Waals surface area contributed by atoms with Gasteiger partial charge in [-0.25, -0.2) is 0 Å². The van der Waals surface area contributed by atoms with Crippen LogP contribution < -0.4 is 10.2 Å². The smallest absolute Gasteiger partial charge is 0.240 e. The van der Waals surface area contributed by atoms with Crippen LogP contribution in [0.15, 0.2) is 24.3 Å². The van der Waals surface area contributed by atoms with Crippen molar-refractivity contribution in [3.8, 4) is 0 Å². The second-order valence-electron chi connectivity index (χ2n) is 7.98. The molecule has 1 amide bonds. The lowest BCUT2D eigenvalue weighted by atomic mass is 9.92. The molecule has 0 radical (unpaired) electrons. The molecule has 0 unspecified atom stereocenters. The maximum Gasteiger partial charge on any atom is 0.240 e. The minimum atomic E-state index is 0. The van der Waals surface area contributed by atoms with Gasteiger partial charge >= 0.3 is 0 Å². The van der Waals surface area contributed by atoms with E-state index in [2.05, 4.69) is 28.4 Å². The van der Waals surface area contributed by atoms with Gasteiger partial charge < -0.3 is 20.6 Å². The number of hydrogen-bond acceptors (Lipinski definition) is 3. The second kappa shape index (κ2) is 16.5. The van der Waals surface area contributed by atoms with E-state index in [-0.39, 0.29) is 23.8 Å². The normalized spacial score (nSPS) is 19.5. The van der Waals surface area contributed by atoms with Crippen LogP contribution in [0.5, 0.6) is 0 Å². The van der Waals surface area contributed by atoms with Gasteiger partial charge in [0.1, 0.15) is 0 Å². The first-order valence-electron chi connectivity index (χ1n) is 12.1. The first-order valence-corrected chi connectivity index (χ1v) is 12.1. The average Bonchev–Trinajstić information content (AvgIpc) is 3.28. The molecule has 31 heavy (non-hydrogen) atoms. The fourth-order valence-corrected chi connectivity index (χ4v) is 4.89. The van der Waals surface area contributed by atoms with Crippen molar-refractivity contribution in [2.45, 2.75) is 85.2 Å². The largest absolute Gasteiger partial charge is 0.412 e. The molecule has 2 aliphatic heterocycles. The number of carbonyl (C=O) groups is 1. The number of nitrogens with one attached hydrogen (secondary N) is 1. The van der Waals surface area contributed by atoms with E-state index in [0.717, 1.165) is 37.2 Å². The monoisotopic (exact) mass is 455 g/mol. The third-order valence-electron chi connectivity index (χ3n) is 6.43. The van der Waals surface area contributed by atoms with Crippen LogP contribution >= 0.6 is 12.4 Å². The van der Waals surface area contributed by atoms with Gasteiger partial charge in [-0.15, -0.1) is 12.4 Å². The molecule has 4 rings (SSSR count). The van der Waals surface area contributed by atoms with Gasteiger partial charge in [0, 0.05) is 24.8 Å². The standard InChI is InChI=1S/C21H31N3O.2C2H6.ClH.H2O/c25-21-16-22-15-18-5-1-4-8-20(18)24(21)14-11-17-9-12-23(13-10-17)19-6-2-3-7-19;2*1-2;;/h1,4-5,8,17,19,22H,2-3,6-7,9-16H2;2*1-2H3;1H;1H2. The summed E-state index contributed by atoms with van der Waals surface area (Å²) in [7, 11) is 0. The number of fused-ring (bicyclic) bond motifs is 1. The van der Waals surface area contributed by atoms with Crippen LogP contribution in [0.3, 0.4) is 0 Å². The van der Waals surface area contributed by atoms with Crippen LogP contribution in [0.25, 0.3) is 0 Å². The summed E-state index contributed by atoms with van der Waals surface area (Å²) < 4.78 is 0. The summed E-state index contributed by atoms with van der Waals surface area (Å²) >= 11 is 0. The number of nitrogens with zero attached hydrogens (tertiary/aromatic N) is 2. The molecule has 1 aromatic rings. The molecule has 180 valence electrons. The molecule has 0 aromatic heterocycles. The van der Waals surface area contributed by atoms with Gasteiger partial charge in [-0.3, -0.25) is 4.79 Å². The predicted molar refractivity (Wildman–Crippen MR) is 135 cm³/mol. The van der Waals surface area contributed by atoms with E-state index >= 15 is 0 Å². The van der Waals surface area contributed by atoms with Gasteiger partial charge in [0.2, 0.25) is 5.91 Å². The lowest BCUT2D eigenvalue weighted by molar-refractivity contribution is -0.117. The molecule has 0 bridgehead atoms. The lowest BCUT2D eigenvalue weighted by Gasteiger charge is -2.36. The van der Waals surface area contributed by atoms with Gasteiger partial charge in [0.05, 0.1) is 6.54 Å². The third-order valence-corrected chi connectivity index (χ3v) is 6.43. The second-order valence-corrected chi connectivity index (χ2v) is 7.98. The lowest BCUT2D eigenvalue weighted by Crippen LogP contribution is -2.41. The summed E-state index contributed by atoms with van der Waals surface area (Å²) in [5.74, 6) is 0.988. The number of likely N-dealkylation sites (tertiary alicyclic amines) is 1. The average molecular weight is 456 g/mol. The topological polar surface area (TPSA) is 67.1 Å². The Hall–Kier alpha value is -1.14. The number of hydrogen-bond donors (Lipinski definition) is 1. The van der Waals surface area contributed by atoms with Crippen molar-refractivity contribution in [1.82, 2.24) is 10.2 Å². The number of amides is 1. The summed E-state index contributed by atoms with van der Waals surface area (Å²) in [6, 6.07) is 9.21. The Balaban J connectivity index is 0.00000142. The summed E-state index contributed by atoms with van der Waals surface area (Å²) in [5, 5.41) is 3.26. The summed E-state index contributed by atoms with van der Waals surface area (Å²) in [4.78, 5) is 17.3. The number of halogens is 1. The highest BCUT2D eigenvalue weighted by atomic mass is 35.5. The summed E-state index contributed by atoms with van der Waals surface area (Å²) in [6.45, 7) is 12.6. The molecule has 1 aliphatic carbocycles. The van der Waals surface area contributed by atoms with Gasteiger partial charge in [-0.1, -0.05) is 58.7 Å². The number of benzene rings is 1. The SMILES string of the molecule is CC.CC.Cl.O.O=C1CNCc2ccccc2N1CCC1CCN(C2CCCC2)CC1. The van der Waals surface area contributed by atoms with Crippen molar-refractivity contribution < 1.29 is 10.3 Å². The van der Waals surface area contributed by atoms with Gasteiger partial charge in [0.25, 0.3) is 0 Å². The highest BCUT2D eigenvalue weighted by Crippen LogP contribution is 2.30. The molecule has 3 aliphatic rings. The van der Waals surface area contributed by atoms with Crippen LogP contribution in [0, 0.1) is 5.92 Å². The van der Waals surface area contributed by atoms with E-state index in [1.807, 2.05) is 38.7 Å². The Bertz CT molecular complexity index is 600. The van der Waals surface area contributed by atoms with Crippen LogP contribution in [0.1, 0.15) is 78.2 Å². The van der Waals surface area contributed by atoms with Gasteiger partial charge in [0.15, 0.2) is 0 Å². The van der Waals surface area contributed by atoms with Crippen LogP contribution in [-0.4, -0.2) is 48.5 Å². The molecular weight excluding hydrogens is 410 g/mol. The van der Waals surface area contributed by atoms with Crippen molar-refractivity contribution in [3.05, 3.63) is 29.8 Å². The Labute approximate surface area is 196 Å². The minimum Gasteiger partial charge on any atom is -0.412 e. The van der Waals surface area contributed by atoms with Crippen molar-refractivity contribution >= 4 is 24.0 Å². The van der Waals surface area contributed by atoms with Gasteiger partial charge in [-0.2, -0.15) is 0 Å². The zero-order chi connectivity index (χ0) is 21.1. The fourth-order valence-electron chi connectivity index (χ4n) is 4.89. The Morgan fingerprint density at radius 2 is 1.55 bits per heavy atom. The molecule has 2 fully saturated rings. The van der Waals surface area contributed by atoms with Crippen LogP contribution in [-0.2, 0) is 11.3 Å². The predicted octanol–water partition coefficient (Wildman–Crippen LogP) is 4.82. The zero-order valence-corrected chi connectivity index (χ0v) is 21.0. The molecule has 0 spiro atoms. The molecular formula is C25H46ClN3O2. The molecule has 6 heteroatoms. The van der Waals surface area contributed by atoms with Crippen LogP contribution in [0.4, 0.5) is 5.69 Å². The molecule has 1 saturated heterocycles. The van der Waals surface area contributed by atoms with E-state index in [1.165, 1.54) is 57.2 Å². The number of piperidine rings is 1. The Kier molecular flexibility index (Phi) is 15.9. The molecule has 1 saturated carbocycles. The number of carbonyl (C=O) groups excluding carboxylic acids is 1. The molecule has 0 atom stereocenters. The van der Waals surface area contributed by atoms with E-state index in [0.29, 0.717) is 6.54 Å². The van der Waals surface area contributed by atoms with Gasteiger partial charge in [-0.05, 0) is 62.7 Å². The van der Waals surface area contributed by atoms with Crippen molar-refractivity contribution in [1.29, 1.82) is 0 Å². The number of rotatable bonds is 4. The first kappa shape index (κ1) is 29.9. The zero-order valence-electron chi connectivity index (χ0n) is 20.2. The summed E-state index contributed by atoms with van der Waals surface area (Å²) in [6.07, 6.45) is 9.42. The Morgan fingerprint density at radius 3 is 2.19 bits per heavy atom. The van der Waals surface area contributed by atoms with Crippen molar-refractivity contribution in [2.24, 2.45) is 5.92 Å². The Morgan fingerprint density at radius 1 is 0.935 bits per heavy atom. The molecule has 2 heterocycles. The highest BCUT2D eigenvalue weighted by molar-refractivity contribution is 5.96. The van der Waals surface area contributed by atoms with Crippen LogP contribution in [0.2, 0.25) is 0 Å². The molecule has 1 aromatic carbocycles.